The van der Waals surface area contributed by atoms with Crippen LogP contribution in [0.15, 0.2) is 24.3 Å². The van der Waals surface area contributed by atoms with Crippen molar-refractivity contribution >= 4 is 17.7 Å². The van der Waals surface area contributed by atoms with E-state index in [4.69, 9.17) is 5.26 Å². The summed E-state index contributed by atoms with van der Waals surface area (Å²) in [4.78, 5) is 24.3. The number of ether oxygens (including phenoxy) is 1. The minimum atomic E-state index is -0.510. The van der Waals surface area contributed by atoms with Crippen LogP contribution in [0.25, 0.3) is 0 Å². The number of amides is 2. The van der Waals surface area contributed by atoms with Gasteiger partial charge >= 0.3 is 12.0 Å². The molecule has 92 valence electrons. The monoisotopic (exact) mass is 245 g/mol. The van der Waals surface area contributed by atoms with E-state index in [1.807, 2.05) is 6.07 Å². The van der Waals surface area contributed by atoms with E-state index in [-0.39, 0.29) is 0 Å². The predicted molar refractivity (Wildman–Crippen MR) is 62.7 cm³/mol. The van der Waals surface area contributed by atoms with Gasteiger partial charge in [0.05, 0.1) is 24.9 Å². The number of benzene rings is 1. The van der Waals surface area contributed by atoms with Gasteiger partial charge in [0.2, 0.25) is 0 Å². The van der Waals surface area contributed by atoms with Gasteiger partial charge in [-0.15, -0.1) is 0 Å². The molecule has 1 aliphatic rings. The molecule has 6 heteroatoms. The molecule has 0 bridgehead atoms. The molecule has 1 heterocycles. The Balaban J connectivity index is 2.01. The van der Waals surface area contributed by atoms with Crippen molar-refractivity contribution in [2.45, 2.75) is 6.04 Å². The van der Waals surface area contributed by atoms with E-state index in [2.05, 4.69) is 10.1 Å². The van der Waals surface area contributed by atoms with Crippen LogP contribution in [0.3, 0.4) is 0 Å². The van der Waals surface area contributed by atoms with Gasteiger partial charge in [0.15, 0.2) is 0 Å². The maximum atomic E-state index is 11.8. The second-order valence-electron chi connectivity index (χ2n) is 3.78. The standard InChI is InChI=1S/C12H11N3O3/c1-18-11(16)10-7-15(10)12(17)14-9-5-3-2-4-8(9)6-13/h2-5,10H,7H2,1H3,(H,14,17). The molecule has 6 nitrogen and oxygen atoms in total. The molecule has 1 aliphatic heterocycles. The normalized spacial score (nSPS) is 16.7. The summed E-state index contributed by atoms with van der Waals surface area (Å²) in [5.41, 5.74) is 0.808. The Morgan fingerprint density at radius 3 is 2.89 bits per heavy atom. The third-order valence-electron chi connectivity index (χ3n) is 2.64. The first-order chi connectivity index (χ1) is 8.67. The molecule has 18 heavy (non-hydrogen) atoms. The molecule has 1 aromatic rings. The van der Waals surface area contributed by atoms with Crippen LogP contribution < -0.4 is 5.32 Å². The summed E-state index contributed by atoms with van der Waals surface area (Å²) in [5, 5.41) is 11.5. The van der Waals surface area contributed by atoms with Gasteiger partial charge in [0, 0.05) is 0 Å². The number of para-hydroxylation sites is 1. The zero-order valence-corrected chi connectivity index (χ0v) is 9.71. The number of nitrogens with zero attached hydrogens (tertiary/aromatic N) is 2. The number of rotatable bonds is 2. The van der Waals surface area contributed by atoms with E-state index in [0.29, 0.717) is 17.8 Å². The van der Waals surface area contributed by atoms with E-state index in [0.717, 1.165) is 0 Å². The molecule has 1 N–H and O–H groups in total. The van der Waals surface area contributed by atoms with Crippen molar-refractivity contribution < 1.29 is 14.3 Å². The van der Waals surface area contributed by atoms with Crippen molar-refractivity contribution in [1.82, 2.24) is 4.90 Å². The van der Waals surface area contributed by atoms with Crippen LogP contribution in [0, 0.1) is 11.3 Å². The van der Waals surface area contributed by atoms with E-state index in [9.17, 15) is 9.59 Å². The zero-order chi connectivity index (χ0) is 13.1. The maximum Gasteiger partial charge on any atom is 0.330 e. The van der Waals surface area contributed by atoms with Gasteiger partial charge in [-0.3, -0.25) is 0 Å². The van der Waals surface area contributed by atoms with Crippen LogP contribution in [0.2, 0.25) is 0 Å². The molecule has 2 rings (SSSR count). The molecule has 1 unspecified atom stereocenters. The summed E-state index contributed by atoms with van der Waals surface area (Å²) in [6, 6.07) is 7.73. The van der Waals surface area contributed by atoms with Crippen LogP contribution in [0.1, 0.15) is 5.56 Å². The summed E-state index contributed by atoms with van der Waals surface area (Å²) in [7, 11) is 1.28. The van der Waals surface area contributed by atoms with Crippen molar-refractivity contribution in [2.75, 3.05) is 19.0 Å². The van der Waals surface area contributed by atoms with Gasteiger partial charge in [-0.25, -0.2) is 9.59 Å². The molecule has 1 fully saturated rings. The summed E-state index contributed by atoms with van der Waals surface area (Å²) < 4.78 is 4.54. The van der Waals surface area contributed by atoms with Crippen LogP contribution in [0.4, 0.5) is 10.5 Å². The smallest absolute Gasteiger partial charge is 0.330 e. The second kappa shape index (κ2) is 4.75. The number of hydrogen-bond donors (Lipinski definition) is 1. The van der Waals surface area contributed by atoms with Gasteiger partial charge in [-0.05, 0) is 12.1 Å². The fraction of sp³-hybridized carbons (Fsp3) is 0.250. The molecular formula is C12H11N3O3. The topological polar surface area (TPSA) is 82.2 Å². The first-order valence-corrected chi connectivity index (χ1v) is 5.32. The average molecular weight is 245 g/mol. The molecule has 0 spiro atoms. The van der Waals surface area contributed by atoms with Crippen LogP contribution in [-0.4, -0.2) is 36.6 Å². The number of esters is 1. The Hall–Kier alpha value is -2.55. The maximum absolute atomic E-state index is 11.8. The predicted octanol–water partition coefficient (Wildman–Crippen LogP) is 0.947. The molecule has 1 saturated heterocycles. The van der Waals surface area contributed by atoms with E-state index < -0.39 is 18.0 Å². The first-order valence-electron chi connectivity index (χ1n) is 5.32. The minimum Gasteiger partial charge on any atom is -0.467 e. The molecule has 0 aromatic heterocycles. The summed E-state index contributed by atoms with van der Waals surface area (Å²) in [5.74, 6) is -0.432. The third-order valence-corrected chi connectivity index (χ3v) is 2.64. The Kier molecular flexibility index (Phi) is 3.15. The van der Waals surface area contributed by atoms with Gasteiger partial charge in [0.1, 0.15) is 12.1 Å². The SMILES string of the molecule is COC(=O)C1CN1C(=O)Nc1ccccc1C#N. The van der Waals surface area contributed by atoms with Crippen molar-refractivity contribution in [3.63, 3.8) is 0 Å². The van der Waals surface area contributed by atoms with Crippen LogP contribution >= 0.6 is 0 Å². The summed E-state index contributed by atoms with van der Waals surface area (Å²) >= 11 is 0. The number of hydrogen-bond acceptors (Lipinski definition) is 4. The fourth-order valence-corrected chi connectivity index (χ4v) is 1.58. The summed E-state index contributed by atoms with van der Waals surface area (Å²) in [6.45, 7) is 0.341. The summed E-state index contributed by atoms with van der Waals surface area (Å²) in [6.07, 6.45) is 0. The average Bonchev–Trinajstić information content (AvgIpc) is 3.18. The van der Waals surface area contributed by atoms with Gasteiger partial charge < -0.3 is 15.0 Å². The van der Waals surface area contributed by atoms with Gasteiger partial charge in [0.25, 0.3) is 0 Å². The van der Waals surface area contributed by atoms with Crippen molar-refractivity contribution in [3.8, 4) is 6.07 Å². The molecule has 0 saturated carbocycles. The molecule has 0 aliphatic carbocycles. The Labute approximate surface area is 104 Å². The lowest BCUT2D eigenvalue weighted by atomic mass is 10.2. The quantitative estimate of drug-likeness (QED) is 0.621. The van der Waals surface area contributed by atoms with Crippen LogP contribution in [-0.2, 0) is 9.53 Å². The van der Waals surface area contributed by atoms with E-state index >= 15 is 0 Å². The highest BCUT2D eigenvalue weighted by Crippen LogP contribution is 2.21. The second-order valence-corrected chi connectivity index (χ2v) is 3.78. The highest BCUT2D eigenvalue weighted by atomic mass is 16.5. The number of nitrogens with one attached hydrogen (secondary N) is 1. The highest BCUT2D eigenvalue weighted by molar-refractivity contribution is 5.97. The zero-order valence-electron chi connectivity index (χ0n) is 9.71. The van der Waals surface area contributed by atoms with E-state index in [1.54, 1.807) is 24.3 Å². The number of carbonyl (C=O) groups excluding carboxylic acids is 2. The number of anilines is 1. The third kappa shape index (κ3) is 2.25. The highest BCUT2D eigenvalue weighted by Gasteiger charge is 2.45. The van der Waals surface area contributed by atoms with Crippen molar-refractivity contribution in [1.29, 1.82) is 5.26 Å². The first kappa shape index (κ1) is 11.9. The largest absolute Gasteiger partial charge is 0.467 e. The van der Waals surface area contributed by atoms with Crippen molar-refractivity contribution in [3.05, 3.63) is 29.8 Å². The number of methoxy groups -OCH3 is 1. The van der Waals surface area contributed by atoms with Crippen LogP contribution in [0.5, 0.6) is 0 Å². The molecule has 1 aromatic carbocycles. The Morgan fingerprint density at radius 1 is 1.50 bits per heavy atom. The minimum absolute atomic E-state index is 0.341. The van der Waals surface area contributed by atoms with Gasteiger partial charge in [-0.2, -0.15) is 5.26 Å². The Morgan fingerprint density at radius 2 is 2.22 bits per heavy atom. The number of nitriles is 1. The lowest BCUT2D eigenvalue weighted by Gasteiger charge is -2.07. The molecule has 2 amide bonds. The lowest BCUT2D eigenvalue weighted by molar-refractivity contribution is -0.140. The molecule has 1 atom stereocenters. The van der Waals surface area contributed by atoms with E-state index in [1.165, 1.54) is 12.0 Å². The fourth-order valence-electron chi connectivity index (χ4n) is 1.58. The number of urea groups is 1. The van der Waals surface area contributed by atoms with Gasteiger partial charge in [-0.1, -0.05) is 12.1 Å². The molecule has 0 radical (unpaired) electrons. The Bertz CT molecular complexity index is 536. The molecular weight excluding hydrogens is 234 g/mol. The number of carbonyl (C=O) groups is 2. The van der Waals surface area contributed by atoms with Crippen molar-refractivity contribution in [2.24, 2.45) is 0 Å². The lowest BCUT2D eigenvalue weighted by Crippen LogP contribution is -2.24.